The van der Waals surface area contributed by atoms with E-state index in [0.29, 0.717) is 17.1 Å². The number of para-hydroxylation sites is 1. The van der Waals surface area contributed by atoms with Gasteiger partial charge in [0.1, 0.15) is 5.82 Å². The van der Waals surface area contributed by atoms with Crippen LogP contribution in [0.3, 0.4) is 0 Å². The topological polar surface area (TPSA) is 61.0 Å². The minimum Gasteiger partial charge on any atom is -0.368 e. The number of carbonyl (C=O) groups is 1. The summed E-state index contributed by atoms with van der Waals surface area (Å²) in [7, 11) is 1.88. The first kappa shape index (κ1) is 21.9. The van der Waals surface area contributed by atoms with Crippen LogP contribution in [0.2, 0.25) is 5.02 Å². The zero-order valence-electron chi connectivity index (χ0n) is 18.5. The van der Waals surface area contributed by atoms with Crippen molar-refractivity contribution in [2.75, 3.05) is 18.9 Å². The summed E-state index contributed by atoms with van der Waals surface area (Å²) in [5.41, 5.74) is 3.49. The van der Waals surface area contributed by atoms with Gasteiger partial charge in [0.15, 0.2) is 0 Å². The van der Waals surface area contributed by atoms with Crippen molar-refractivity contribution in [2.24, 2.45) is 5.92 Å². The molecule has 1 amide bonds. The molecule has 0 saturated heterocycles. The Kier molecular flexibility index (Phi) is 6.47. The molecule has 0 fully saturated rings. The van der Waals surface area contributed by atoms with Gasteiger partial charge in [-0.15, -0.1) is 0 Å². The van der Waals surface area contributed by atoms with Gasteiger partial charge in [0.25, 0.3) is 5.91 Å². The van der Waals surface area contributed by atoms with Crippen LogP contribution in [0.15, 0.2) is 72.9 Å². The van der Waals surface area contributed by atoms with E-state index < -0.39 is 0 Å². The van der Waals surface area contributed by atoms with Gasteiger partial charge in [-0.3, -0.25) is 4.79 Å². The van der Waals surface area contributed by atoms with E-state index in [2.05, 4.69) is 29.1 Å². The van der Waals surface area contributed by atoms with Gasteiger partial charge in [-0.2, -0.15) is 0 Å². The van der Waals surface area contributed by atoms with Crippen LogP contribution in [-0.4, -0.2) is 40.4 Å². The number of hydrogen-bond donors (Lipinski definition) is 2. The Hall–Kier alpha value is -3.31. The van der Waals surface area contributed by atoms with Crippen molar-refractivity contribution in [3.05, 3.63) is 83.5 Å². The lowest BCUT2D eigenvalue weighted by Gasteiger charge is -2.32. The molecule has 5 nitrogen and oxygen atoms in total. The van der Waals surface area contributed by atoms with E-state index in [0.717, 1.165) is 28.0 Å². The standard InChI is InChI=1S/C26H27ClN4O/c1-17(2)22(16-29-23-14-13-19(27)15-28-23)31(3)26(32)24-20-11-7-8-12-21(20)30-25(24)18-9-5-4-6-10-18/h4-15,17,22,30H,16H2,1-3H3,(H,28,29)/t22-/m1/s1. The van der Waals surface area contributed by atoms with Gasteiger partial charge in [-0.05, 0) is 29.7 Å². The monoisotopic (exact) mass is 446 g/mol. The van der Waals surface area contributed by atoms with Gasteiger partial charge in [-0.1, -0.05) is 74.0 Å². The Bertz CT molecular complexity index is 1200. The lowest BCUT2D eigenvalue weighted by atomic mass is 9.99. The molecule has 164 valence electrons. The van der Waals surface area contributed by atoms with Crippen molar-refractivity contribution in [2.45, 2.75) is 19.9 Å². The third-order valence-corrected chi connectivity index (χ3v) is 6.01. The second-order valence-electron chi connectivity index (χ2n) is 8.26. The number of aromatic amines is 1. The molecule has 0 unspecified atom stereocenters. The average molecular weight is 447 g/mol. The lowest BCUT2D eigenvalue weighted by Crippen LogP contribution is -2.44. The zero-order valence-corrected chi connectivity index (χ0v) is 19.2. The number of halogens is 1. The maximum atomic E-state index is 13.9. The number of hydrogen-bond acceptors (Lipinski definition) is 3. The summed E-state index contributed by atoms with van der Waals surface area (Å²) >= 11 is 5.94. The number of nitrogens with one attached hydrogen (secondary N) is 2. The molecule has 1 atom stereocenters. The molecule has 0 saturated carbocycles. The number of benzene rings is 2. The molecule has 4 rings (SSSR count). The molecule has 0 aliphatic heterocycles. The van der Waals surface area contributed by atoms with E-state index in [4.69, 9.17) is 11.6 Å². The van der Waals surface area contributed by atoms with Crippen molar-refractivity contribution < 1.29 is 4.79 Å². The maximum Gasteiger partial charge on any atom is 0.256 e. The first-order valence-electron chi connectivity index (χ1n) is 10.7. The summed E-state index contributed by atoms with van der Waals surface area (Å²) in [6.45, 7) is 4.83. The molecule has 2 aromatic carbocycles. The third-order valence-electron chi connectivity index (χ3n) is 5.79. The molecule has 2 N–H and O–H groups in total. The number of amides is 1. The summed E-state index contributed by atoms with van der Waals surface area (Å²) in [5.74, 6) is 0.970. The van der Waals surface area contributed by atoms with Crippen molar-refractivity contribution in [3.8, 4) is 11.3 Å². The van der Waals surface area contributed by atoms with E-state index in [1.807, 2.05) is 72.6 Å². The SMILES string of the molecule is CC(C)[C@@H](CNc1ccc(Cl)cn1)N(C)C(=O)c1c(-c2ccccc2)[nH]c2ccccc12. The van der Waals surface area contributed by atoms with Crippen LogP contribution in [0, 0.1) is 5.92 Å². The number of nitrogens with zero attached hydrogens (tertiary/aromatic N) is 2. The van der Waals surface area contributed by atoms with Gasteiger partial charge in [-0.25, -0.2) is 4.98 Å². The van der Waals surface area contributed by atoms with Crippen LogP contribution in [0.1, 0.15) is 24.2 Å². The Labute approximate surface area is 193 Å². The summed E-state index contributed by atoms with van der Waals surface area (Å²) in [6, 6.07) is 21.6. The first-order valence-corrected chi connectivity index (χ1v) is 11.1. The molecular weight excluding hydrogens is 420 g/mol. The van der Waals surface area contributed by atoms with Crippen molar-refractivity contribution in [3.63, 3.8) is 0 Å². The zero-order chi connectivity index (χ0) is 22.7. The quantitative estimate of drug-likeness (QED) is 0.361. The predicted molar refractivity (Wildman–Crippen MR) is 132 cm³/mol. The highest BCUT2D eigenvalue weighted by atomic mass is 35.5. The van der Waals surface area contributed by atoms with E-state index in [9.17, 15) is 4.79 Å². The molecule has 32 heavy (non-hydrogen) atoms. The van der Waals surface area contributed by atoms with Crippen LogP contribution in [0.4, 0.5) is 5.82 Å². The van der Waals surface area contributed by atoms with Gasteiger partial charge in [0.05, 0.1) is 22.3 Å². The average Bonchev–Trinajstić information content (AvgIpc) is 3.20. The molecule has 2 heterocycles. The Morgan fingerprint density at radius 3 is 2.47 bits per heavy atom. The minimum absolute atomic E-state index is 0.00846. The van der Waals surface area contributed by atoms with Crippen molar-refractivity contribution in [1.29, 1.82) is 0 Å². The number of carbonyl (C=O) groups excluding carboxylic acids is 1. The molecule has 6 heteroatoms. The van der Waals surface area contributed by atoms with Crippen molar-refractivity contribution >= 4 is 34.2 Å². The summed E-state index contributed by atoms with van der Waals surface area (Å²) in [5, 5.41) is 4.87. The molecular formula is C26H27ClN4O. The van der Waals surface area contributed by atoms with E-state index in [1.54, 1.807) is 12.3 Å². The Morgan fingerprint density at radius 1 is 1.06 bits per heavy atom. The van der Waals surface area contributed by atoms with Gasteiger partial charge < -0.3 is 15.2 Å². The van der Waals surface area contributed by atoms with E-state index >= 15 is 0 Å². The fourth-order valence-corrected chi connectivity index (χ4v) is 4.13. The summed E-state index contributed by atoms with van der Waals surface area (Å²) in [6.07, 6.45) is 1.61. The highest BCUT2D eigenvalue weighted by molar-refractivity contribution is 6.30. The van der Waals surface area contributed by atoms with E-state index in [-0.39, 0.29) is 17.9 Å². The molecule has 2 aromatic heterocycles. The van der Waals surface area contributed by atoms with Crippen molar-refractivity contribution in [1.82, 2.24) is 14.9 Å². The number of aromatic nitrogens is 2. The second kappa shape index (κ2) is 9.45. The van der Waals surface area contributed by atoms with Crippen LogP contribution in [-0.2, 0) is 0 Å². The largest absolute Gasteiger partial charge is 0.368 e. The molecule has 0 bridgehead atoms. The molecule has 0 aliphatic rings. The first-order chi connectivity index (χ1) is 15.5. The number of anilines is 1. The summed E-state index contributed by atoms with van der Waals surface area (Å²) < 4.78 is 0. The third kappa shape index (κ3) is 4.48. The van der Waals surface area contributed by atoms with Crippen LogP contribution in [0.25, 0.3) is 22.2 Å². The fraction of sp³-hybridized carbons (Fsp3) is 0.231. The van der Waals surface area contributed by atoms with Gasteiger partial charge >= 0.3 is 0 Å². The van der Waals surface area contributed by atoms with Gasteiger partial charge in [0, 0.05) is 30.7 Å². The number of H-pyrrole nitrogens is 1. The smallest absolute Gasteiger partial charge is 0.256 e. The highest BCUT2D eigenvalue weighted by Gasteiger charge is 2.28. The highest BCUT2D eigenvalue weighted by Crippen LogP contribution is 2.32. The number of fused-ring (bicyclic) bond motifs is 1. The normalized spacial score (nSPS) is 12.2. The molecule has 0 radical (unpaired) electrons. The fourth-order valence-electron chi connectivity index (χ4n) is 4.02. The minimum atomic E-state index is -0.0303. The summed E-state index contributed by atoms with van der Waals surface area (Å²) in [4.78, 5) is 23.5. The van der Waals surface area contributed by atoms with Crippen LogP contribution >= 0.6 is 11.6 Å². The predicted octanol–water partition coefficient (Wildman–Crippen LogP) is 6.09. The number of pyridine rings is 1. The van der Waals surface area contributed by atoms with E-state index in [1.165, 1.54) is 0 Å². The Balaban J connectivity index is 1.66. The van der Waals surface area contributed by atoms with Gasteiger partial charge in [0.2, 0.25) is 0 Å². The number of rotatable bonds is 7. The lowest BCUT2D eigenvalue weighted by molar-refractivity contribution is 0.0704. The Morgan fingerprint density at radius 2 is 1.78 bits per heavy atom. The second-order valence-corrected chi connectivity index (χ2v) is 8.69. The van der Waals surface area contributed by atoms with Crippen LogP contribution in [0.5, 0.6) is 0 Å². The van der Waals surface area contributed by atoms with Crippen LogP contribution < -0.4 is 5.32 Å². The molecule has 0 spiro atoms. The number of likely N-dealkylation sites (N-methyl/N-ethyl adjacent to an activating group) is 1. The molecule has 4 aromatic rings. The molecule has 0 aliphatic carbocycles. The maximum absolute atomic E-state index is 13.9.